The number of anilines is 2. The van der Waals surface area contributed by atoms with Crippen LogP contribution in [-0.4, -0.2) is 29.3 Å². The number of likely N-dealkylation sites (N-methyl/N-ethyl adjacent to an activating group) is 1. The highest BCUT2D eigenvalue weighted by Crippen LogP contribution is 2.26. The largest absolute Gasteiger partial charge is 0.384 e. The van der Waals surface area contributed by atoms with Crippen LogP contribution >= 0.6 is 0 Å². The lowest BCUT2D eigenvalue weighted by molar-refractivity contribution is -0.121. The van der Waals surface area contributed by atoms with Gasteiger partial charge in [0.2, 0.25) is 5.91 Å². The third-order valence-corrected chi connectivity index (χ3v) is 3.63. The summed E-state index contributed by atoms with van der Waals surface area (Å²) in [5.74, 6) is -0.0604. The zero-order valence-electron chi connectivity index (χ0n) is 12.0. The monoisotopic (exact) mass is 285 g/mol. The van der Waals surface area contributed by atoms with Crippen molar-refractivity contribution in [1.82, 2.24) is 15.1 Å². The van der Waals surface area contributed by atoms with E-state index in [0.717, 1.165) is 25.2 Å². The maximum atomic E-state index is 11.3. The number of nitrogens with zero attached hydrogens (tertiary/aromatic N) is 2. The van der Waals surface area contributed by atoms with Crippen LogP contribution in [0.25, 0.3) is 0 Å². The first-order valence-corrected chi connectivity index (χ1v) is 7.08. The highest BCUT2D eigenvalue weighted by Gasteiger charge is 2.13. The topological polar surface area (TPSA) is 71.0 Å². The summed E-state index contributed by atoms with van der Waals surface area (Å²) in [6.45, 7) is 1.98. The number of rotatable bonds is 5. The fourth-order valence-electron chi connectivity index (χ4n) is 2.52. The van der Waals surface area contributed by atoms with Gasteiger partial charge in [0.15, 0.2) is 0 Å². The van der Waals surface area contributed by atoms with Gasteiger partial charge in [-0.15, -0.1) is 0 Å². The number of hydrogen-bond donors (Lipinski definition) is 3. The maximum Gasteiger partial charge on any atom is 0.241 e. The summed E-state index contributed by atoms with van der Waals surface area (Å²) < 4.78 is 1.62. The molecular formula is C15H19N5O. The molecule has 0 saturated heterocycles. The van der Waals surface area contributed by atoms with E-state index in [1.165, 1.54) is 16.8 Å². The van der Waals surface area contributed by atoms with Crippen LogP contribution in [0, 0.1) is 0 Å². The molecule has 1 aromatic carbocycles. The Kier molecular flexibility index (Phi) is 3.77. The lowest BCUT2D eigenvalue weighted by Gasteiger charge is -2.09. The quantitative estimate of drug-likeness (QED) is 0.772. The van der Waals surface area contributed by atoms with Crippen LogP contribution in [0.2, 0.25) is 0 Å². The van der Waals surface area contributed by atoms with Gasteiger partial charge >= 0.3 is 0 Å². The average molecular weight is 285 g/mol. The normalized spacial score (nSPS) is 12.6. The number of nitrogens with one attached hydrogen (secondary N) is 3. The molecule has 1 aromatic heterocycles. The van der Waals surface area contributed by atoms with Gasteiger partial charge in [-0.2, -0.15) is 5.10 Å². The Bertz CT molecular complexity index is 649. The highest BCUT2D eigenvalue weighted by atomic mass is 16.1. The predicted octanol–water partition coefficient (Wildman–Crippen LogP) is 1.21. The van der Waals surface area contributed by atoms with Crippen molar-refractivity contribution in [3.63, 3.8) is 0 Å². The van der Waals surface area contributed by atoms with Gasteiger partial charge in [-0.3, -0.25) is 9.48 Å². The minimum Gasteiger partial charge on any atom is -0.384 e. The molecular weight excluding hydrogens is 266 g/mol. The van der Waals surface area contributed by atoms with Crippen LogP contribution < -0.4 is 16.0 Å². The van der Waals surface area contributed by atoms with Crippen molar-refractivity contribution in [2.24, 2.45) is 0 Å². The van der Waals surface area contributed by atoms with E-state index in [0.29, 0.717) is 0 Å². The van der Waals surface area contributed by atoms with E-state index in [4.69, 9.17) is 0 Å². The van der Waals surface area contributed by atoms with E-state index >= 15 is 0 Å². The molecule has 0 fully saturated rings. The number of benzene rings is 1. The Morgan fingerprint density at radius 2 is 2.38 bits per heavy atom. The molecule has 0 aliphatic carbocycles. The van der Waals surface area contributed by atoms with Gasteiger partial charge in [-0.05, 0) is 17.5 Å². The van der Waals surface area contributed by atoms with Crippen molar-refractivity contribution >= 4 is 17.3 Å². The number of fused-ring (bicyclic) bond motifs is 1. The van der Waals surface area contributed by atoms with E-state index in [-0.39, 0.29) is 12.5 Å². The first kappa shape index (κ1) is 13.5. The molecule has 0 bridgehead atoms. The van der Waals surface area contributed by atoms with E-state index < -0.39 is 0 Å². The SMILES string of the molecule is CNC(=O)Cn1cc(NCc2cccc3c2NCC3)cn1. The maximum absolute atomic E-state index is 11.3. The summed E-state index contributed by atoms with van der Waals surface area (Å²) in [7, 11) is 1.62. The van der Waals surface area contributed by atoms with Gasteiger partial charge in [0.1, 0.15) is 6.54 Å². The van der Waals surface area contributed by atoms with Crippen LogP contribution in [0.3, 0.4) is 0 Å². The van der Waals surface area contributed by atoms with Gasteiger partial charge < -0.3 is 16.0 Å². The Hall–Kier alpha value is -2.50. The highest BCUT2D eigenvalue weighted by molar-refractivity contribution is 5.75. The first-order valence-electron chi connectivity index (χ1n) is 7.08. The molecule has 3 N–H and O–H groups in total. The first-order chi connectivity index (χ1) is 10.3. The fraction of sp³-hybridized carbons (Fsp3) is 0.333. The third kappa shape index (κ3) is 2.99. The molecule has 0 atom stereocenters. The third-order valence-electron chi connectivity index (χ3n) is 3.63. The second-order valence-corrected chi connectivity index (χ2v) is 5.08. The van der Waals surface area contributed by atoms with E-state index in [2.05, 4.69) is 39.2 Å². The number of para-hydroxylation sites is 1. The average Bonchev–Trinajstić information content (AvgIpc) is 3.13. The molecule has 2 heterocycles. The lowest BCUT2D eigenvalue weighted by atomic mass is 10.1. The summed E-state index contributed by atoms with van der Waals surface area (Å²) in [5, 5.41) is 13.5. The number of aromatic nitrogens is 2. The Balaban J connectivity index is 1.63. The van der Waals surface area contributed by atoms with E-state index in [1.54, 1.807) is 17.9 Å². The molecule has 0 radical (unpaired) electrons. The van der Waals surface area contributed by atoms with Gasteiger partial charge in [0, 0.05) is 32.0 Å². The zero-order valence-corrected chi connectivity index (χ0v) is 12.0. The van der Waals surface area contributed by atoms with Crippen molar-refractivity contribution in [3.05, 3.63) is 41.7 Å². The Morgan fingerprint density at radius 3 is 3.24 bits per heavy atom. The lowest BCUT2D eigenvalue weighted by Crippen LogP contribution is -2.23. The van der Waals surface area contributed by atoms with Crippen LogP contribution in [0.5, 0.6) is 0 Å². The second kappa shape index (κ2) is 5.87. The molecule has 0 unspecified atom stereocenters. The summed E-state index contributed by atoms with van der Waals surface area (Å²) in [4.78, 5) is 11.3. The molecule has 1 amide bonds. The number of amides is 1. The van der Waals surface area contributed by atoms with Crippen LogP contribution in [0.1, 0.15) is 11.1 Å². The summed E-state index contributed by atoms with van der Waals surface area (Å²) >= 11 is 0. The van der Waals surface area contributed by atoms with Gasteiger partial charge in [0.25, 0.3) is 0 Å². The molecule has 110 valence electrons. The minimum atomic E-state index is -0.0604. The van der Waals surface area contributed by atoms with Gasteiger partial charge in [0.05, 0.1) is 11.9 Å². The number of carbonyl (C=O) groups excluding carboxylic acids is 1. The Labute approximate surface area is 123 Å². The zero-order chi connectivity index (χ0) is 14.7. The van der Waals surface area contributed by atoms with Crippen molar-refractivity contribution in [3.8, 4) is 0 Å². The molecule has 0 spiro atoms. The van der Waals surface area contributed by atoms with Crippen molar-refractivity contribution < 1.29 is 4.79 Å². The standard InChI is InChI=1S/C15H19N5O/c1-16-14(21)10-20-9-13(8-19-20)18-7-12-4-2-3-11-5-6-17-15(11)12/h2-4,8-9,17-18H,5-7,10H2,1H3,(H,16,21). The van der Waals surface area contributed by atoms with Gasteiger partial charge in [-0.1, -0.05) is 18.2 Å². The van der Waals surface area contributed by atoms with Crippen molar-refractivity contribution in [2.45, 2.75) is 19.5 Å². The predicted molar refractivity (Wildman–Crippen MR) is 82.3 cm³/mol. The minimum absolute atomic E-state index is 0.0604. The Morgan fingerprint density at radius 1 is 1.48 bits per heavy atom. The molecule has 0 saturated carbocycles. The summed E-state index contributed by atoms with van der Waals surface area (Å²) in [5.41, 5.74) is 4.80. The molecule has 3 rings (SSSR count). The molecule has 2 aromatic rings. The van der Waals surface area contributed by atoms with Crippen LogP contribution in [0.15, 0.2) is 30.6 Å². The molecule has 21 heavy (non-hydrogen) atoms. The van der Waals surface area contributed by atoms with Crippen molar-refractivity contribution in [1.29, 1.82) is 0 Å². The summed E-state index contributed by atoms with van der Waals surface area (Å²) in [6.07, 6.45) is 4.67. The smallest absolute Gasteiger partial charge is 0.241 e. The van der Waals surface area contributed by atoms with Crippen LogP contribution in [0.4, 0.5) is 11.4 Å². The molecule has 1 aliphatic rings. The van der Waals surface area contributed by atoms with Gasteiger partial charge in [-0.25, -0.2) is 0 Å². The van der Waals surface area contributed by atoms with E-state index in [9.17, 15) is 4.79 Å². The molecule has 6 heteroatoms. The fourth-order valence-corrected chi connectivity index (χ4v) is 2.52. The van der Waals surface area contributed by atoms with Crippen molar-refractivity contribution in [2.75, 3.05) is 24.2 Å². The van der Waals surface area contributed by atoms with Crippen LogP contribution in [-0.2, 0) is 24.3 Å². The molecule has 1 aliphatic heterocycles. The second-order valence-electron chi connectivity index (χ2n) is 5.08. The molecule has 6 nitrogen and oxygen atoms in total. The van der Waals surface area contributed by atoms with E-state index in [1.807, 2.05) is 6.20 Å². The number of hydrogen-bond acceptors (Lipinski definition) is 4. The number of carbonyl (C=O) groups is 1. The summed E-state index contributed by atoms with van der Waals surface area (Å²) in [6, 6.07) is 6.39.